The van der Waals surface area contributed by atoms with Gasteiger partial charge in [-0.2, -0.15) is 0 Å². The average Bonchev–Trinajstić information content (AvgIpc) is 2.71. The summed E-state index contributed by atoms with van der Waals surface area (Å²) in [6.45, 7) is 3.28. The summed E-state index contributed by atoms with van der Waals surface area (Å²) in [6, 6.07) is 1.26. The Bertz CT molecular complexity index is 738. The van der Waals surface area contributed by atoms with Gasteiger partial charge in [0.1, 0.15) is 22.1 Å². The first-order valence-electron chi connectivity index (χ1n) is 5.58. The number of hydrogen-bond donors (Lipinski definition) is 1. The van der Waals surface area contributed by atoms with Crippen molar-refractivity contribution in [3.63, 3.8) is 0 Å². The number of aromatic nitrogens is 2. The molecule has 0 radical (unpaired) electrons. The molecule has 20 heavy (non-hydrogen) atoms. The van der Waals surface area contributed by atoms with Crippen LogP contribution >= 0.6 is 11.6 Å². The van der Waals surface area contributed by atoms with E-state index in [9.17, 15) is 8.42 Å². The molecule has 0 saturated carbocycles. The fourth-order valence-corrected chi connectivity index (χ4v) is 3.44. The molecule has 7 nitrogen and oxygen atoms in total. The molecule has 0 bridgehead atoms. The van der Waals surface area contributed by atoms with Crippen molar-refractivity contribution in [2.75, 3.05) is 17.1 Å². The first kappa shape index (κ1) is 14.6. The van der Waals surface area contributed by atoms with Crippen molar-refractivity contribution in [2.45, 2.75) is 18.7 Å². The molecular weight excluding hydrogens is 304 g/mol. The Hall–Kier alpha value is -1.80. The number of aryl methyl sites for hydroxylation is 2. The Kier molecular flexibility index (Phi) is 3.61. The van der Waals surface area contributed by atoms with E-state index in [4.69, 9.17) is 21.9 Å². The zero-order chi connectivity index (χ0) is 15.1. The molecule has 0 fully saturated rings. The van der Waals surface area contributed by atoms with Gasteiger partial charge in [-0.05, 0) is 19.9 Å². The lowest BCUT2D eigenvalue weighted by Crippen LogP contribution is -2.28. The quantitative estimate of drug-likeness (QED) is 0.925. The molecule has 108 valence electrons. The Morgan fingerprint density at radius 3 is 2.60 bits per heavy atom. The molecule has 2 rings (SSSR count). The van der Waals surface area contributed by atoms with Crippen LogP contribution in [0.3, 0.4) is 0 Å². The lowest BCUT2D eigenvalue weighted by molar-refractivity contribution is 0.393. The van der Waals surface area contributed by atoms with Gasteiger partial charge in [0.05, 0.1) is 5.02 Å². The second-order valence-corrected chi connectivity index (χ2v) is 6.56. The fraction of sp³-hybridized carbons (Fsp3) is 0.273. The van der Waals surface area contributed by atoms with Crippen LogP contribution < -0.4 is 10.0 Å². The van der Waals surface area contributed by atoms with Crippen LogP contribution in [-0.4, -0.2) is 25.6 Å². The van der Waals surface area contributed by atoms with Gasteiger partial charge in [0, 0.05) is 13.2 Å². The first-order valence-corrected chi connectivity index (χ1v) is 7.39. The van der Waals surface area contributed by atoms with Crippen LogP contribution in [0, 0.1) is 13.8 Å². The Balaban J connectivity index is 2.58. The Labute approximate surface area is 121 Å². The van der Waals surface area contributed by atoms with Crippen molar-refractivity contribution < 1.29 is 12.9 Å². The number of pyridine rings is 1. The molecule has 9 heteroatoms. The van der Waals surface area contributed by atoms with Crippen LogP contribution in [0.4, 0.5) is 11.5 Å². The van der Waals surface area contributed by atoms with Gasteiger partial charge in [-0.1, -0.05) is 16.8 Å². The van der Waals surface area contributed by atoms with E-state index in [1.54, 1.807) is 13.8 Å². The summed E-state index contributed by atoms with van der Waals surface area (Å²) < 4.78 is 31.2. The molecule has 0 unspecified atom stereocenters. The number of nitrogen functional groups attached to an aromatic ring is 1. The lowest BCUT2D eigenvalue weighted by Gasteiger charge is -2.19. The number of hydrogen-bond acceptors (Lipinski definition) is 6. The van der Waals surface area contributed by atoms with Crippen LogP contribution in [-0.2, 0) is 10.0 Å². The Morgan fingerprint density at radius 1 is 1.40 bits per heavy atom. The van der Waals surface area contributed by atoms with Gasteiger partial charge in [-0.3, -0.25) is 4.31 Å². The fourth-order valence-electron chi connectivity index (χ4n) is 1.83. The van der Waals surface area contributed by atoms with Crippen LogP contribution in [0.2, 0.25) is 5.02 Å². The van der Waals surface area contributed by atoms with Crippen molar-refractivity contribution in [1.29, 1.82) is 0 Å². The van der Waals surface area contributed by atoms with Gasteiger partial charge in [0.25, 0.3) is 10.0 Å². The summed E-state index contributed by atoms with van der Waals surface area (Å²) in [5, 5.41) is 3.92. The minimum atomic E-state index is -3.90. The van der Waals surface area contributed by atoms with Gasteiger partial charge in [0.2, 0.25) is 0 Å². The zero-order valence-corrected chi connectivity index (χ0v) is 12.7. The van der Waals surface area contributed by atoms with Crippen molar-refractivity contribution in [3.05, 3.63) is 28.7 Å². The largest absolute Gasteiger partial charge is 0.383 e. The third-order valence-corrected chi connectivity index (χ3v) is 4.79. The molecule has 0 atom stereocenters. The average molecular weight is 317 g/mol. The van der Waals surface area contributed by atoms with E-state index in [1.165, 1.54) is 19.3 Å². The van der Waals surface area contributed by atoms with E-state index < -0.39 is 10.0 Å². The summed E-state index contributed by atoms with van der Waals surface area (Å²) >= 11 is 5.78. The van der Waals surface area contributed by atoms with Crippen molar-refractivity contribution in [1.82, 2.24) is 10.1 Å². The predicted octanol–water partition coefficient (Wildman–Crippen LogP) is 1.75. The van der Waals surface area contributed by atoms with E-state index in [-0.39, 0.29) is 15.7 Å². The van der Waals surface area contributed by atoms with Crippen LogP contribution in [0.15, 0.2) is 21.7 Å². The highest BCUT2D eigenvalue weighted by atomic mass is 35.5. The number of anilines is 2. The highest BCUT2D eigenvalue weighted by Crippen LogP contribution is 2.30. The monoisotopic (exact) mass is 316 g/mol. The molecular formula is C11H13ClN4O3S. The minimum Gasteiger partial charge on any atom is -0.383 e. The third-order valence-electron chi connectivity index (χ3n) is 2.80. The van der Waals surface area contributed by atoms with E-state index >= 15 is 0 Å². The van der Waals surface area contributed by atoms with Crippen LogP contribution in [0.1, 0.15) is 11.5 Å². The number of rotatable bonds is 3. The third kappa shape index (κ3) is 2.32. The van der Waals surface area contributed by atoms with E-state index in [1.807, 2.05) is 0 Å². The molecule has 0 spiro atoms. The normalized spacial score (nSPS) is 11.6. The van der Waals surface area contributed by atoms with Crippen molar-refractivity contribution in [2.24, 2.45) is 0 Å². The van der Waals surface area contributed by atoms with E-state index in [2.05, 4.69) is 10.1 Å². The zero-order valence-electron chi connectivity index (χ0n) is 11.1. The Morgan fingerprint density at radius 2 is 2.05 bits per heavy atom. The molecule has 0 aliphatic heterocycles. The summed E-state index contributed by atoms with van der Waals surface area (Å²) in [4.78, 5) is 3.59. The molecule has 0 aromatic carbocycles. The summed E-state index contributed by atoms with van der Waals surface area (Å²) in [6.07, 6.45) is 1.28. The molecule has 2 N–H and O–H groups in total. The molecule has 0 amide bonds. The number of nitrogens with zero attached hydrogens (tertiary/aromatic N) is 3. The summed E-state index contributed by atoms with van der Waals surface area (Å²) in [5.41, 5.74) is 6.45. The standard InChI is InChI=1S/C11H13ClN4O3S/c1-6-10(7(2)19-15-6)16(3)20(17,18)9-4-8(12)5-14-11(9)13/h4-5H,1-3H3,(H2,13,14). The molecule has 0 aliphatic rings. The van der Waals surface area contributed by atoms with Gasteiger partial charge in [0.15, 0.2) is 5.76 Å². The van der Waals surface area contributed by atoms with Gasteiger partial charge in [-0.15, -0.1) is 0 Å². The second kappa shape index (κ2) is 4.95. The minimum absolute atomic E-state index is 0.118. The highest BCUT2D eigenvalue weighted by molar-refractivity contribution is 7.93. The van der Waals surface area contributed by atoms with Gasteiger partial charge in [-0.25, -0.2) is 13.4 Å². The summed E-state index contributed by atoms with van der Waals surface area (Å²) in [5.74, 6) is 0.273. The topological polar surface area (TPSA) is 102 Å². The molecule has 2 aromatic heterocycles. The predicted molar refractivity (Wildman–Crippen MR) is 75.2 cm³/mol. The number of halogens is 1. The SMILES string of the molecule is Cc1noc(C)c1N(C)S(=O)(=O)c1cc(Cl)cnc1N. The van der Waals surface area contributed by atoms with E-state index in [0.717, 1.165) is 4.31 Å². The molecule has 2 aromatic rings. The maximum atomic E-state index is 12.6. The maximum absolute atomic E-state index is 12.6. The molecule has 0 saturated heterocycles. The molecule has 0 aliphatic carbocycles. The number of nitrogens with two attached hydrogens (primary N) is 1. The van der Waals surface area contributed by atoms with E-state index in [0.29, 0.717) is 17.1 Å². The lowest BCUT2D eigenvalue weighted by atomic mass is 10.3. The van der Waals surface area contributed by atoms with Crippen molar-refractivity contribution in [3.8, 4) is 0 Å². The first-order chi connectivity index (χ1) is 9.25. The summed E-state index contributed by atoms with van der Waals surface area (Å²) in [7, 11) is -2.51. The molecule has 2 heterocycles. The smallest absolute Gasteiger partial charge is 0.267 e. The number of sulfonamides is 1. The highest BCUT2D eigenvalue weighted by Gasteiger charge is 2.28. The van der Waals surface area contributed by atoms with Crippen molar-refractivity contribution >= 4 is 33.1 Å². The van der Waals surface area contributed by atoms with Gasteiger partial charge >= 0.3 is 0 Å². The maximum Gasteiger partial charge on any atom is 0.267 e. The second-order valence-electron chi connectivity index (χ2n) is 4.18. The van der Waals surface area contributed by atoms with Crippen LogP contribution in [0.5, 0.6) is 0 Å². The van der Waals surface area contributed by atoms with Crippen LogP contribution in [0.25, 0.3) is 0 Å². The van der Waals surface area contributed by atoms with Gasteiger partial charge < -0.3 is 10.3 Å².